The Bertz CT molecular complexity index is 1620. The first kappa shape index (κ1) is 23.7. The zero-order valence-electron chi connectivity index (χ0n) is 20.6. The molecule has 0 atom stereocenters. The van der Waals surface area contributed by atoms with Crippen LogP contribution in [-0.2, 0) is 13.1 Å². The first-order valence-corrected chi connectivity index (χ1v) is 14.2. The third-order valence-electron chi connectivity index (χ3n) is 7.35. The Morgan fingerprint density at radius 3 is 1.47 bits per heavy atom. The molecule has 0 radical (unpaired) electrons. The van der Waals surface area contributed by atoms with Crippen LogP contribution in [0.4, 0.5) is 0 Å². The lowest BCUT2D eigenvalue weighted by Gasteiger charge is -2.10. The second kappa shape index (κ2) is 9.64. The van der Waals surface area contributed by atoms with Crippen molar-refractivity contribution in [3.8, 4) is 0 Å². The van der Waals surface area contributed by atoms with Crippen LogP contribution < -0.4 is 0 Å². The van der Waals surface area contributed by atoms with E-state index in [1.54, 1.807) is 0 Å². The predicted molar refractivity (Wildman–Crippen MR) is 158 cm³/mol. The number of aromatic nitrogens is 4. The molecule has 6 rings (SSSR count). The first-order valence-electron chi connectivity index (χ1n) is 12.6. The van der Waals surface area contributed by atoms with Crippen molar-refractivity contribution in [3.05, 3.63) is 81.3 Å². The molecule has 0 saturated carbocycles. The van der Waals surface area contributed by atoms with Gasteiger partial charge >= 0.3 is 0 Å². The number of rotatable bonds is 7. The van der Waals surface area contributed by atoms with Gasteiger partial charge in [-0.3, -0.25) is 9.97 Å². The van der Waals surface area contributed by atoms with E-state index >= 15 is 0 Å². The molecule has 0 spiro atoms. The van der Waals surface area contributed by atoms with Crippen molar-refractivity contribution in [2.45, 2.75) is 52.6 Å². The van der Waals surface area contributed by atoms with Crippen LogP contribution in [-0.4, -0.2) is 19.1 Å². The van der Waals surface area contributed by atoms with Gasteiger partial charge < -0.3 is 9.13 Å². The Kier molecular flexibility index (Phi) is 6.34. The summed E-state index contributed by atoms with van der Waals surface area (Å²) in [7, 11) is 0. The zero-order chi connectivity index (χ0) is 24.8. The number of pyridine rings is 2. The minimum atomic E-state index is 1.01. The van der Waals surface area contributed by atoms with Crippen LogP contribution in [0.2, 0.25) is 0 Å². The number of benzene rings is 2. The molecule has 2 aromatic carbocycles. The number of halogens is 2. The molecule has 182 valence electrons. The van der Waals surface area contributed by atoms with E-state index in [2.05, 4.69) is 113 Å². The molecule has 0 aliphatic carbocycles. The molecule has 36 heavy (non-hydrogen) atoms. The average Bonchev–Trinajstić information content (AvgIpc) is 3.35. The minimum Gasteiger partial charge on any atom is -0.339 e. The molecule has 0 amide bonds. The number of nitrogens with zero attached hydrogens (tertiary/aromatic N) is 4. The highest BCUT2D eigenvalue weighted by Crippen LogP contribution is 2.34. The number of fused-ring (bicyclic) bond motifs is 6. The summed E-state index contributed by atoms with van der Waals surface area (Å²) in [4.78, 5) is 9.18. The number of hydrogen-bond donors (Lipinski definition) is 0. The van der Waals surface area contributed by atoms with Crippen LogP contribution >= 0.6 is 31.9 Å². The SMILES string of the molecule is Cc1nccc2c3cc(Br)ccc3n(CCCCCCn3c4ccc(Br)cc4c4ccnc(C)c43)c12. The van der Waals surface area contributed by atoms with Crippen LogP contribution in [0, 0.1) is 13.8 Å². The van der Waals surface area contributed by atoms with Crippen LogP contribution in [0.1, 0.15) is 37.1 Å². The lowest BCUT2D eigenvalue weighted by Crippen LogP contribution is -2.01. The molecule has 4 nitrogen and oxygen atoms in total. The van der Waals surface area contributed by atoms with Gasteiger partial charge in [0.25, 0.3) is 0 Å². The summed E-state index contributed by atoms with van der Waals surface area (Å²) in [6.45, 7) is 6.27. The van der Waals surface area contributed by atoms with Crippen LogP contribution in [0.25, 0.3) is 43.6 Å². The molecule has 0 aliphatic heterocycles. The molecular formula is C30H28Br2N4. The third kappa shape index (κ3) is 4.04. The summed E-state index contributed by atoms with van der Waals surface area (Å²) < 4.78 is 7.18. The van der Waals surface area contributed by atoms with Crippen molar-refractivity contribution in [1.82, 2.24) is 19.1 Å². The van der Waals surface area contributed by atoms with Crippen molar-refractivity contribution in [2.75, 3.05) is 0 Å². The van der Waals surface area contributed by atoms with Crippen LogP contribution in [0.3, 0.4) is 0 Å². The quantitative estimate of drug-likeness (QED) is 0.171. The summed E-state index contributed by atoms with van der Waals surface area (Å²) >= 11 is 7.30. The minimum absolute atomic E-state index is 1.01. The monoisotopic (exact) mass is 602 g/mol. The molecule has 4 heterocycles. The Balaban J connectivity index is 1.18. The van der Waals surface area contributed by atoms with Crippen LogP contribution in [0.5, 0.6) is 0 Å². The maximum Gasteiger partial charge on any atom is 0.0707 e. The largest absolute Gasteiger partial charge is 0.339 e. The molecule has 0 unspecified atom stereocenters. The maximum atomic E-state index is 4.59. The second-order valence-corrected chi connectivity index (χ2v) is 11.5. The summed E-state index contributed by atoms with van der Waals surface area (Å²) in [5, 5.41) is 5.18. The third-order valence-corrected chi connectivity index (χ3v) is 8.33. The van der Waals surface area contributed by atoms with E-state index in [1.165, 1.54) is 56.5 Å². The normalized spacial score (nSPS) is 12.0. The molecule has 0 bridgehead atoms. The van der Waals surface area contributed by atoms with Gasteiger partial charge in [-0.1, -0.05) is 44.7 Å². The summed E-state index contributed by atoms with van der Waals surface area (Å²) in [6.07, 6.45) is 8.57. The van der Waals surface area contributed by atoms with E-state index in [0.717, 1.165) is 46.3 Å². The van der Waals surface area contributed by atoms with Gasteiger partial charge in [-0.25, -0.2) is 0 Å². The standard InChI is InChI=1S/C30H28Br2N4/c1-19-29-23(11-13-33-19)25-17-21(31)7-9-27(25)35(29)15-5-3-4-6-16-36-28-10-8-22(32)18-26(28)24-12-14-34-20(2)30(24)36/h7-14,17-18H,3-6,15-16H2,1-2H3. The smallest absolute Gasteiger partial charge is 0.0707 e. The van der Waals surface area contributed by atoms with E-state index < -0.39 is 0 Å². The van der Waals surface area contributed by atoms with Gasteiger partial charge in [-0.05, 0) is 75.2 Å². The van der Waals surface area contributed by atoms with Gasteiger partial charge in [0.1, 0.15) is 0 Å². The Morgan fingerprint density at radius 2 is 1.03 bits per heavy atom. The van der Waals surface area contributed by atoms with Gasteiger partial charge in [0.2, 0.25) is 0 Å². The molecular weight excluding hydrogens is 576 g/mol. The predicted octanol–water partition coefficient (Wildman–Crippen LogP) is 9.09. The highest BCUT2D eigenvalue weighted by atomic mass is 79.9. The lowest BCUT2D eigenvalue weighted by atomic mass is 10.2. The van der Waals surface area contributed by atoms with Gasteiger partial charge in [-0.15, -0.1) is 0 Å². The topological polar surface area (TPSA) is 35.6 Å². The van der Waals surface area contributed by atoms with Gasteiger partial charge in [-0.2, -0.15) is 0 Å². The first-order chi connectivity index (χ1) is 17.5. The second-order valence-electron chi connectivity index (χ2n) is 9.63. The molecule has 4 aromatic heterocycles. The van der Waals surface area contributed by atoms with Gasteiger partial charge in [0.15, 0.2) is 0 Å². The van der Waals surface area contributed by atoms with Crippen molar-refractivity contribution >= 4 is 75.5 Å². The average molecular weight is 604 g/mol. The highest BCUT2D eigenvalue weighted by molar-refractivity contribution is 9.10. The fourth-order valence-corrected chi connectivity index (χ4v) is 6.47. The Morgan fingerprint density at radius 1 is 0.583 bits per heavy atom. The summed E-state index contributed by atoms with van der Waals surface area (Å²) in [6, 6.07) is 17.5. The lowest BCUT2D eigenvalue weighted by molar-refractivity contribution is 0.558. The molecule has 0 aliphatic rings. The summed E-state index contributed by atoms with van der Waals surface area (Å²) in [5.41, 5.74) is 7.33. The van der Waals surface area contributed by atoms with E-state index in [0.29, 0.717) is 0 Å². The molecule has 0 N–H and O–H groups in total. The van der Waals surface area contributed by atoms with Gasteiger partial charge in [0, 0.05) is 67.0 Å². The fourth-order valence-electron chi connectivity index (χ4n) is 5.75. The fraction of sp³-hybridized carbons (Fsp3) is 0.267. The molecule has 6 aromatic rings. The van der Waals surface area contributed by atoms with E-state index in [-0.39, 0.29) is 0 Å². The van der Waals surface area contributed by atoms with Crippen molar-refractivity contribution < 1.29 is 0 Å². The Hall–Kier alpha value is -2.70. The highest BCUT2D eigenvalue weighted by Gasteiger charge is 2.15. The number of hydrogen-bond acceptors (Lipinski definition) is 2. The molecule has 0 fully saturated rings. The van der Waals surface area contributed by atoms with Crippen LogP contribution in [0.15, 0.2) is 69.9 Å². The van der Waals surface area contributed by atoms with E-state index in [9.17, 15) is 0 Å². The molecule has 6 heteroatoms. The number of aryl methyl sites for hydroxylation is 4. The Labute approximate surface area is 227 Å². The van der Waals surface area contributed by atoms with Crippen molar-refractivity contribution in [1.29, 1.82) is 0 Å². The number of unbranched alkanes of at least 4 members (excludes halogenated alkanes) is 3. The summed E-state index contributed by atoms with van der Waals surface area (Å²) in [5.74, 6) is 0. The maximum absolute atomic E-state index is 4.59. The van der Waals surface area contributed by atoms with Crippen molar-refractivity contribution in [2.24, 2.45) is 0 Å². The van der Waals surface area contributed by atoms with Gasteiger partial charge in [0.05, 0.1) is 22.4 Å². The van der Waals surface area contributed by atoms with E-state index in [4.69, 9.17) is 0 Å². The van der Waals surface area contributed by atoms with E-state index in [1.807, 2.05) is 12.4 Å². The van der Waals surface area contributed by atoms with Crippen molar-refractivity contribution in [3.63, 3.8) is 0 Å². The zero-order valence-corrected chi connectivity index (χ0v) is 23.7. The molecule has 0 saturated heterocycles.